The largest absolute Gasteiger partial charge is 0.375 e. The van der Waals surface area contributed by atoms with Crippen LogP contribution in [0.25, 0.3) is 27.9 Å². The van der Waals surface area contributed by atoms with Crippen molar-refractivity contribution in [2.45, 2.75) is 25.5 Å². The molecule has 9 heteroatoms. The van der Waals surface area contributed by atoms with Gasteiger partial charge in [0, 0.05) is 23.3 Å². The average Bonchev–Trinajstić information content (AvgIpc) is 3.35. The highest BCUT2D eigenvalue weighted by Gasteiger charge is 2.33. The Morgan fingerprint density at radius 3 is 3.00 bits per heavy atom. The fourth-order valence-corrected chi connectivity index (χ4v) is 4.47. The van der Waals surface area contributed by atoms with Gasteiger partial charge in [-0.1, -0.05) is 6.07 Å². The molecule has 9 nitrogen and oxygen atoms in total. The van der Waals surface area contributed by atoms with Gasteiger partial charge in [-0.05, 0) is 60.5 Å². The van der Waals surface area contributed by atoms with E-state index in [-0.39, 0.29) is 12.5 Å². The van der Waals surface area contributed by atoms with Crippen LogP contribution in [0.1, 0.15) is 34.1 Å². The number of ether oxygens (including phenoxy) is 1. The number of aromatic nitrogens is 5. The molecule has 1 N–H and O–H groups in total. The lowest BCUT2D eigenvalue weighted by molar-refractivity contribution is 0.0757. The second-order valence-electron chi connectivity index (χ2n) is 8.99. The molecule has 0 fully saturated rings. The molecule has 0 spiro atoms. The van der Waals surface area contributed by atoms with Crippen LogP contribution in [-0.4, -0.2) is 37.1 Å². The van der Waals surface area contributed by atoms with E-state index in [1.807, 2.05) is 43.3 Å². The smallest absolute Gasteiger partial charge is 0.251 e. The summed E-state index contributed by atoms with van der Waals surface area (Å²) < 4.78 is 7.30. The standard InChI is InChI=1S/C27H21N7O2/c1-27(15-28)16-36-14-19-5-4-17(9-21(19)27)26(35)31-12-20-10-23-18(11-29-20)6-7-22(33-23)24-13-30-25-3-2-8-32-34(24)25/h2-11,13H,12,14,16H2,1H3,(H,31,35). The molecule has 5 heterocycles. The Morgan fingerprint density at radius 2 is 2.11 bits per heavy atom. The van der Waals surface area contributed by atoms with E-state index in [9.17, 15) is 10.1 Å². The number of carbonyl (C=O) groups is 1. The number of benzene rings is 1. The van der Waals surface area contributed by atoms with Crippen LogP contribution < -0.4 is 5.32 Å². The van der Waals surface area contributed by atoms with Gasteiger partial charge in [0.15, 0.2) is 5.65 Å². The second kappa shape index (κ2) is 8.52. The fraction of sp³-hybridized carbons (Fsp3) is 0.185. The topological polar surface area (TPSA) is 118 Å². The Kier molecular flexibility index (Phi) is 5.16. The van der Waals surface area contributed by atoms with Crippen LogP contribution in [0.2, 0.25) is 0 Å². The number of hydrogen-bond donors (Lipinski definition) is 1. The lowest BCUT2D eigenvalue weighted by atomic mass is 9.79. The van der Waals surface area contributed by atoms with Crippen molar-refractivity contribution < 1.29 is 9.53 Å². The molecular weight excluding hydrogens is 454 g/mol. The first-order valence-electron chi connectivity index (χ1n) is 11.5. The minimum absolute atomic E-state index is 0.231. The van der Waals surface area contributed by atoms with Crippen molar-refractivity contribution in [3.05, 3.63) is 89.5 Å². The van der Waals surface area contributed by atoms with Crippen molar-refractivity contribution in [1.82, 2.24) is 29.9 Å². The van der Waals surface area contributed by atoms with Crippen molar-refractivity contribution in [2.24, 2.45) is 0 Å². The number of nitrogens with one attached hydrogen (secondary N) is 1. The number of hydrogen-bond acceptors (Lipinski definition) is 7. The van der Waals surface area contributed by atoms with Gasteiger partial charge in [0.05, 0.1) is 48.9 Å². The Labute approximate surface area is 206 Å². The number of rotatable bonds is 4. The van der Waals surface area contributed by atoms with Crippen LogP contribution in [0.3, 0.4) is 0 Å². The Bertz CT molecular complexity index is 1690. The van der Waals surface area contributed by atoms with E-state index < -0.39 is 5.41 Å². The number of carbonyl (C=O) groups excluding carboxylic acids is 1. The first-order chi connectivity index (χ1) is 17.5. The maximum atomic E-state index is 12.9. The summed E-state index contributed by atoms with van der Waals surface area (Å²) >= 11 is 0. The van der Waals surface area contributed by atoms with Crippen molar-refractivity contribution in [3.8, 4) is 17.5 Å². The van der Waals surface area contributed by atoms with Crippen LogP contribution in [-0.2, 0) is 23.3 Å². The van der Waals surface area contributed by atoms with Crippen LogP contribution in [0.5, 0.6) is 0 Å². The number of amides is 1. The van der Waals surface area contributed by atoms with Gasteiger partial charge in [-0.15, -0.1) is 0 Å². The second-order valence-corrected chi connectivity index (χ2v) is 8.99. The molecule has 1 aliphatic heterocycles. The van der Waals surface area contributed by atoms with Crippen LogP contribution >= 0.6 is 0 Å². The molecule has 176 valence electrons. The van der Waals surface area contributed by atoms with E-state index in [0.717, 1.165) is 39.1 Å². The molecule has 1 aromatic carbocycles. The number of nitriles is 1. The maximum Gasteiger partial charge on any atom is 0.251 e. The van der Waals surface area contributed by atoms with Gasteiger partial charge in [-0.2, -0.15) is 10.4 Å². The Balaban J connectivity index is 1.24. The molecule has 1 unspecified atom stereocenters. The number of fused-ring (bicyclic) bond motifs is 3. The number of nitrogens with zero attached hydrogens (tertiary/aromatic N) is 6. The highest BCUT2D eigenvalue weighted by atomic mass is 16.5. The van der Waals surface area contributed by atoms with Gasteiger partial charge >= 0.3 is 0 Å². The molecular formula is C27H21N7O2. The molecule has 1 atom stereocenters. The molecule has 0 saturated heterocycles. The summed E-state index contributed by atoms with van der Waals surface area (Å²) in [6.45, 7) is 2.82. The van der Waals surface area contributed by atoms with Crippen LogP contribution in [0.15, 0.2) is 67.1 Å². The lowest BCUT2D eigenvalue weighted by Gasteiger charge is -2.30. The van der Waals surface area contributed by atoms with Crippen molar-refractivity contribution in [2.75, 3.05) is 6.61 Å². The average molecular weight is 476 g/mol. The van der Waals surface area contributed by atoms with Gasteiger partial charge in [0.2, 0.25) is 0 Å². The zero-order valence-electron chi connectivity index (χ0n) is 19.5. The van der Waals surface area contributed by atoms with Crippen molar-refractivity contribution in [1.29, 1.82) is 5.26 Å². The van der Waals surface area contributed by atoms with Crippen molar-refractivity contribution >= 4 is 22.5 Å². The van der Waals surface area contributed by atoms with Gasteiger partial charge in [-0.25, -0.2) is 14.5 Å². The van der Waals surface area contributed by atoms with Gasteiger partial charge < -0.3 is 10.1 Å². The summed E-state index contributed by atoms with van der Waals surface area (Å²) in [6, 6.07) is 17.2. The minimum atomic E-state index is -0.774. The number of pyridine rings is 2. The van der Waals surface area contributed by atoms with Gasteiger partial charge in [-0.3, -0.25) is 9.78 Å². The summed E-state index contributed by atoms with van der Waals surface area (Å²) in [5, 5.41) is 17.8. The third kappa shape index (κ3) is 3.74. The van der Waals surface area contributed by atoms with E-state index in [2.05, 4.69) is 26.5 Å². The summed E-state index contributed by atoms with van der Waals surface area (Å²) in [7, 11) is 0. The van der Waals surface area contributed by atoms with Crippen LogP contribution in [0.4, 0.5) is 0 Å². The molecule has 6 rings (SSSR count). The predicted molar refractivity (Wildman–Crippen MR) is 132 cm³/mol. The summed E-state index contributed by atoms with van der Waals surface area (Å²) in [4.78, 5) is 26.6. The quantitative estimate of drug-likeness (QED) is 0.422. The third-order valence-corrected chi connectivity index (χ3v) is 6.46. The molecule has 1 aliphatic rings. The fourth-order valence-electron chi connectivity index (χ4n) is 4.47. The van der Waals surface area contributed by atoms with Gasteiger partial charge in [0.1, 0.15) is 11.1 Å². The zero-order chi connectivity index (χ0) is 24.7. The van der Waals surface area contributed by atoms with E-state index in [1.54, 1.807) is 35.2 Å². The van der Waals surface area contributed by atoms with Crippen LogP contribution in [0, 0.1) is 11.3 Å². The lowest BCUT2D eigenvalue weighted by Crippen LogP contribution is -2.33. The minimum Gasteiger partial charge on any atom is -0.375 e. The summed E-state index contributed by atoms with van der Waals surface area (Å²) in [6.07, 6.45) is 5.21. The van der Waals surface area contributed by atoms with Gasteiger partial charge in [0.25, 0.3) is 5.91 Å². The van der Waals surface area contributed by atoms with E-state index >= 15 is 0 Å². The first-order valence-corrected chi connectivity index (χ1v) is 11.5. The molecule has 0 saturated carbocycles. The summed E-state index contributed by atoms with van der Waals surface area (Å²) in [5.74, 6) is -0.231. The van der Waals surface area contributed by atoms with E-state index in [1.165, 1.54) is 0 Å². The number of imidazole rings is 1. The molecule has 0 aliphatic carbocycles. The molecule has 0 radical (unpaired) electrons. The Hall–Kier alpha value is -4.68. The highest BCUT2D eigenvalue weighted by Crippen LogP contribution is 2.32. The molecule has 5 aromatic rings. The predicted octanol–water partition coefficient (Wildman–Crippen LogP) is 3.58. The van der Waals surface area contributed by atoms with E-state index in [4.69, 9.17) is 9.72 Å². The van der Waals surface area contributed by atoms with E-state index in [0.29, 0.717) is 24.5 Å². The molecule has 0 bridgehead atoms. The molecule has 36 heavy (non-hydrogen) atoms. The summed E-state index contributed by atoms with van der Waals surface area (Å²) in [5.41, 5.74) is 5.22. The van der Waals surface area contributed by atoms with Crippen molar-refractivity contribution in [3.63, 3.8) is 0 Å². The highest BCUT2D eigenvalue weighted by molar-refractivity contribution is 5.94. The first kappa shape index (κ1) is 21.8. The normalized spacial score (nSPS) is 17.0. The maximum absolute atomic E-state index is 12.9. The molecule has 4 aromatic heterocycles. The molecule has 1 amide bonds. The third-order valence-electron chi connectivity index (χ3n) is 6.46. The SMILES string of the molecule is CC1(C#N)COCc2ccc(C(=O)NCc3cc4nc(-c5cnc6cccnn56)ccc4cn3)cc21. The monoisotopic (exact) mass is 475 g/mol. The Morgan fingerprint density at radius 1 is 1.19 bits per heavy atom. The zero-order valence-corrected chi connectivity index (χ0v) is 19.5.